The minimum atomic E-state index is -0.424. The van der Waals surface area contributed by atoms with E-state index in [1.165, 1.54) is 0 Å². The summed E-state index contributed by atoms with van der Waals surface area (Å²) < 4.78 is 5.34. The van der Waals surface area contributed by atoms with Gasteiger partial charge in [0.2, 0.25) is 0 Å². The molecule has 0 aromatic rings. The van der Waals surface area contributed by atoms with Crippen LogP contribution < -0.4 is 5.73 Å². The second-order valence-electron chi connectivity index (χ2n) is 5.68. The molecule has 0 radical (unpaired) electrons. The molecule has 0 aromatic heterocycles. The first kappa shape index (κ1) is 11.5. The number of rotatable bonds is 0. The van der Waals surface area contributed by atoms with Gasteiger partial charge in [-0.05, 0) is 20.8 Å². The second-order valence-corrected chi connectivity index (χ2v) is 5.68. The van der Waals surface area contributed by atoms with Crippen LogP contribution in [-0.2, 0) is 4.74 Å². The molecule has 3 unspecified atom stereocenters. The maximum Gasteiger partial charge on any atom is 0.410 e. The summed E-state index contributed by atoms with van der Waals surface area (Å²) in [6.45, 7) is 7.10. The van der Waals surface area contributed by atoms with Crippen molar-refractivity contribution in [2.75, 3.05) is 13.1 Å². The molecule has 3 atom stereocenters. The fraction of sp³-hybridized carbons (Fsp3) is 0.750. The smallest absolute Gasteiger partial charge is 0.410 e. The Kier molecular flexibility index (Phi) is 2.70. The Labute approximate surface area is 96.4 Å². The SMILES string of the molecule is CC(C)(C)OC(=O)N1CC2C=CC(N)C2C1. The van der Waals surface area contributed by atoms with Gasteiger partial charge in [-0.1, -0.05) is 12.2 Å². The van der Waals surface area contributed by atoms with E-state index in [1.54, 1.807) is 4.90 Å². The van der Waals surface area contributed by atoms with Crippen LogP contribution in [-0.4, -0.2) is 35.7 Å². The van der Waals surface area contributed by atoms with Crippen molar-refractivity contribution in [2.45, 2.75) is 32.4 Å². The van der Waals surface area contributed by atoms with Gasteiger partial charge in [-0.15, -0.1) is 0 Å². The van der Waals surface area contributed by atoms with Crippen molar-refractivity contribution in [3.63, 3.8) is 0 Å². The summed E-state index contributed by atoms with van der Waals surface area (Å²) in [6.07, 6.45) is 3.95. The molecule has 0 saturated carbocycles. The molecule has 2 aliphatic rings. The van der Waals surface area contributed by atoms with E-state index in [-0.39, 0.29) is 12.1 Å². The maximum atomic E-state index is 11.8. The zero-order chi connectivity index (χ0) is 11.9. The number of carbonyl (C=O) groups excluding carboxylic acids is 1. The number of carbonyl (C=O) groups is 1. The van der Waals surface area contributed by atoms with Crippen LogP contribution in [0.2, 0.25) is 0 Å². The highest BCUT2D eigenvalue weighted by atomic mass is 16.6. The van der Waals surface area contributed by atoms with Crippen molar-refractivity contribution in [3.05, 3.63) is 12.2 Å². The van der Waals surface area contributed by atoms with E-state index in [9.17, 15) is 4.79 Å². The molecule has 0 bridgehead atoms. The second kappa shape index (κ2) is 3.77. The van der Waals surface area contributed by atoms with Crippen LogP contribution in [0.5, 0.6) is 0 Å². The molecule has 1 fully saturated rings. The van der Waals surface area contributed by atoms with Crippen molar-refractivity contribution in [3.8, 4) is 0 Å². The van der Waals surface area contributed by atoms with E-state index in [0.717, 1.165) is 6.54 Å². The first-order valence-corrected chi connectivity index (χ1v) is 5.78. The van der Waals surface area contributed by atoms with Crippen LogP contribution >= 0.6 is 0 Å². The molecule has 2 rings (SSSR count). The summed E-state index contributed by atoms with van der Waals surface area (Å²) in [7, 11) is 0. The van der Waals surface area contributed by atoms with Crippen molar-refractivity contribution in [1.82, 2.24) is 4.90 Å². The summed E-state index contributed by atoms with van der Waals surface area (Å²) in [4.78, 5) is 13.6. The zero-order valence-corrected chi connectivity index (χ0v) is 10.1. The minimum absolute atomic E-state index is 0.0948. The van der Waals surface area contributed by atoms with Gasteiger partial charge in [0.25, 0.3) is 0 Å². The zero-order valence-electron chi connectivity index (χ0n) is 10.1. The molecule has 1 saturated heterocycles. The topological polar surface area (TPSA) is 55.6 Å². The first-order chi connectivity index (χ1) is 7.37. The molecule has 1 aliphatic heterocycles. The van der Waals surface area contributed by atoms with Gasteiger partial charge in [0.05, 0.1) is 0 Å². The largest absolute Gasteiger partial charge is 0.444 e. The lowest BCUT2D eigenvalue weighted by Gasteiger charge is -2.24. The number of amides is 1. The van der Waals surface area contributed by atoms with Crippen molar-refractivity contribution < 1.29 is 9.53 Å². The highest BCUT2D eigenvalue weighted by Crippen LogP contribution is 2.32. The lowest BCUT2D eigenvalue weighted by molar-refractivity contribution is 0.0284. The predicted octanol–water partition coefficient (Wildman–Crippen LogP) is 1.37. The van der Waals surface area contributed by atoms with Gasteiger partial charge in [-0.2, -0.15) is 0 Å². The molecule has 90 valence electrons. The van der Waals surface area contributed by atoms with E-state index < -0.39 is 5.60 Å². The van der Waals surface area contributed by atoms with Crippen LogP contribution in [0.15, 0.2) is 12.2 Å². The number of ether oxygens (including phenoxy) is 1. The molecule has 2 N–H and O–H groups in total. The van der Waals surface area contributed by atoms with Crippen LogP contribution in [0.3, 0.4) is 0 Å². The molecular formula is C12H20N2O2. The fourth-order valence-corrected chi connectivity index (χ4v) is 2.35. The Morgan fingerprint density at radius 3 is 2.62 bits per heavy atom. The first-order valence-electron chi connectivity index (χ1n) is 5.78. The van der Waals surface area contributed by atoms with Crippen molar-refractivity contribution >= 4 is 6.09 Å². The maximum absolute atomic E-state index is 11.8. The molecule has 1 amide bonds. The minimum Gasteiger partial charge on any atom is -0.444 e. The van der Waals surface area contributed by atoms with E-state index >= 15 is 0 Å². The van der Waals surface area contributed by atoms with Crippen molar-refractivity contribution in [2.24, 2.45) is 17.6 Å². The molecule has 1 aliphatic carbocycles. The van der Waals surface area contributed by atoms with Gasteiger partial charge in [0.15, 0.2) is 0 Å². The Bertz CT molecular complexity index is 319. The van der Waals surface area contributed by atoms with Gasteiger partial charge in [-0.25, -0.2) is 4.79 Å². The van der Waals surface area contributed by atoms with Gasteiger partial charge < -0.3 is 15.4 Å². The van der Waals surface area contributed by atoms with E-state index in [1.807, 2.05) is 26.8 Å². The average Bonchev–Trinajstić information content (AvgIpc) is 2.65. The molecular weight excluding hydrogens is 204 g/mol. The Balaban J connectivity index is 1.94. The van der Waals surface area contributed by atoms with Gasteiger partial charge in [-0.3, -0.25) is 0 Å². The summed E-state index contributed by atoms with van der Waals surface area (Å²) in [5.41, 5.74) is 5.52. The number of hydrogen-bond donors (Lipinski definition) is 1. The van der Waals surface area contributed by atoms with Gasteiger partial charge in [0.1, 0.15) is 5.60 Å². The average molecular weight is 224 g/mol. The quantitative estimate of drug-likeness (QED) is 0.632. The lowest BCUT2D eigenvalue weighted by atomic mass is 9.97. The molecule has 4 heteroatoms. The monoisotopic (exact) mass is 224 g/mol. The summed E-state index contributed by atoms with van der Waals surface area (Å²) in [5, 5.41) is 0. The number of nitrogens with two attached hydrogens (primary N) is 1. The number of likely N-dealkylation sites (tertiary alicyclic amines) is 1. The fourth-order valence-electron chi connectivity index (χ4n) is 2.35. The van der Waals surface area contributed by atoms with Crippen LogP contribution in [0, 0.1) is 11.8 Å². The van der Waals surface area contributed by atoms with Crippen molar-refractivity contribution in [1.29, 1.82) is 0 Å². The van der Waals surface area contributed by atoms with Crippen LogP contribution in [0.25, 0.3) is 0 Å². The van der Waals surface area contributed by atoms with Gasteiger partial charge >= 0.3 is 6.09 Å². The van der Waals surface area contributed by atoms with E-state index in [0.29, 0.717) is 18.4 Å². The van der Waals surface area contributed by atoms with Crippen LogP contribution in [0.1, 0.15) is 20.8 Å². The molecule has 4 nitrogen and oxygen atoms in total. The number of fused-ring (bicyclic) bond motifs is 1. The Morgan fingerprint density at radius 2 is 2.06 bits per heavy atom. The highest BCUT2D eigenvalue weighted by molar-refractivity contribution is 5.68. The molecule has 1 heterocycles. The third-order valence-electron chi connectivity index (χ3n) is 3.14. The van der Waals surface area contributed by atoms with E-state index in [2.05, 4.69) is 6.08 Å². The normalized spacial score (nSPS) is 33.0. The third-order valence-corrected chi connectivity index (χ3v) is 3.14. The molecule has 16 heavy (non-hydrogen) atoms. The van der Waals surface area contributed by atoms with Crippen LogP contribution in [0.4, 0.5) is 4.79 Å². The molecule has 0 aromatic carbocycles. The Morgan fingerprint density at radius 1 is 1.38 bits per heavy atom. The van der Waals surface area contributed by atoms with Gasteiger partial charge in [0, 0.05) is 31.0 Å². The predicted molar refractivity (Wildman–Crippen MR) is 61.9 cm³/mol. The summed E-state index contributed by atoms with van der Waals surface area (Å²) in [5.74, 6) is 0.801. The van der Waals surface area contributed by atoms with E-state index in [4.69, 9.17) is 10.5 Å². The third kappa shape index (κ3) is 2.21. The Hall–Kier alpha value is -1.03. The summed E-state index contributed by atoms with van der Waals surface area (Å²) in [6, 6.07) is 0.0948. The number of nitrogens with zero attached hydrogens (tertiary/aromatic N) is 1. The molecule has 0 spiro atoms. The standard InChI is InChI=1S/C12H20N2O2/c1-12(2,3)16-11(15)14-6-8-4-5-10(13)9(8)7-14/h4-5,8-10H,6-7,13H2,1-3H3. The number of hydrogen-bond acceptors (Lipinski definition) is 3. The lowest BCUT2D eigenvalue weighted by Crippen LogP contribution is -2.37. The highest BCUT2D eigenvalue weighted by Gasteiger charge is 2.40. The summed E-state index contributed by atoms with van der Waals surface area (Å²) >= 11 is 0.